The summed E-state index contributed by atoms with van der Waals surface area (Å²) in [5.74, 6) is 0.307. The van der Waals surface area contributed by atoms with E-state index in [0.717, 1.165) is 4.74 Å². The number of hydrogen-bond acceptors (Lipinski definition) is 4. The maximum atomic E-state index is 11.8. The number of hydrogen-bond donors (Lipinski definition) is 1. The molecule has 21 heavy (non-hydrogen) atoms. The first-order chi connectivity index (χ1) is 10.0. The van der Waals surface area contributed by atoms with Crippen LogP contribution in [0.5, 0.6) is 0 Å². The molecule has 0 bridgehead atoms. The molecule has 2 N–H and O–H groups in total. The number of hydroxylamine groups is 1. The molecule has 1 fully saturated rings. The third kappa shape index (κ3) is 7.46. The maximum absolute atomic E-state index is 11.8. The molecule has 0 radical (unpaired) electrons. The summed E-state index contributed by atoms with van der Waals surface area (Å²) in [6, 6.07) is 0.0853. The average molecular weight is 298 g/mol. The van der Waals surface area contributed by atoms with Crippen LogP contribution in [0.2, 0.25) is 0 Å². The molecule has 1 aliphatic carbocycles. The Balaban J connectivity index is 2.29. The fraction of sp³-hybridized carbons (Fsp3) is 0.875. The van der Waals surface area contributed by atoms with Crippen molar-refractivity contribution in [3.63, 3.8) is 0 Å². The van der Waals surface area contributed by atoms with Crippen LogP contribution in [0.1, 0.15) is 58.8 Å². The molecule has 0 aromatic rings. The molecule has 2 atom stereocenters. The van der Waals surface area contributed by atoms with Crippen LogP contribution in [0.15, 0.2) is 0 Å². The average Bonchev–Trinajstić information content (AvgIpc) is 2.45. The van der Waals surface area contributed by atoms with E-state index >= 15 is 0 Å². The van der Waals surface area contributed by atoms with Gasteiger partial charge < -0.3 is 15.7 Å². The van der Waals surface area contributed by atoms with Crippen molar-refractivity contribution >= 4 is 12.2 Å². The van der Waals surface area contributed by atoms with Gasteiger partial charge in [-0.2, -0.15) is 0 Å². The van der Waals surface area contributed by atoms with Gasteiger partial charge in [0.25, 0.3) is 0 Å². The molecular weight excluding hydrogens is 268 g/mol. The highest BCUT2D eigenvalue weighted by Gasteiger charge is 2.20. The number of carbonyl (C=O) groups excluding carboxylic acids is 1. The Kier molecular flexibility index (Phi) is 8.35. The molecule has 5 nitrogen and oxygen atoms in total. The van der Waals surface area contributed by atoms with Gasteiger partial charge in [0, 0.05) is 18.4 Å². The molecule has 1 saturated carbocycles. The molecule has 1 rings (SSSR count). The first-order valence-electron chi connectivity index (χ1n) is 8.21. The maximum Gasteiger partial charge on any atom is 0.306 e. The summed E-state index contributed by atoms with van der Waals surface area (Å²) >= 11 is 0. The van der Waals surface area contributed by atoms with Gasteiger partial charge in [0.1, 0.15) is 0 Å². The van der Waals surface area contributed by atoms with Crippen molar-refractivity contribution in [3.05, 3.63) is 5.21 Å². The molecule has 0 saturated heterocycles. The number of carbonyl (C=O) groups is 1. The third-order valence-electron chi connectivity index (χ3n) is 4.15. The van der Waals surface area contributed by atoms with Gasteiger partial charge in [-0.15, -0.1) is 0 Å². The first-order valence-corrected chi connectivity index (χ1v) is 8.21. The van der Waals surface area contributed by atoms with Gasteiger partial charge in [-0.05, 0) is 25.7 Å². The molecule has 122 valence electrons. The van der Waals surface area contributed by atoms with Crippen molar-refractivity contribution in [2.45, 2.75) is 64.8 Å². The van der Waals surface area contributed by atoms with Gasteiger partial charge in [-0.1, -0.05) is 26.2 Å². The van der Waals surface area contributed by atoms with E-state index in [1.165, 1.54) is 32.1 Å². The molecule has 0 aromatic heterocycles. The Morgan fingerprint density at radius 2 is 2.10 bits per heavy atom. The number of nitrogens with zero attached hydrogens (tertiary/aromatic N) is 1. The van der Waals surface area contributed by atoms with Crippen LogP contribution in [-0.2, 0) is 9.53 Å². The number of nitrogens with two attached hydrogens (primary N) is 1. The largest absolute Gasteiger partial charge is 0.624 e. The minimum absolute atomic E-state index is 0.0105. The van der Waals surface area contributed by atoms with E-state index in [1.807, 2.05) is 6.92 Å². The second kappa shape index (κ2) is 9.77. The normalized spacial score (nSPS) is 20.0. The number of rotatable bonds is 8. The van der Waals surface area contributed by atoms with Crippen LogP contribution >= 0.6 is 0 Å². The number of esters is 1. The fourth-order valence-corrected chi connectivity index (χ4v) is 2.94. The lowest BCUT2D eigenvalue weighted by Gasteiger charge is -2.26. The molecule has 0 amide bonds. The zero-order valence-corrected chi connectivity index (χ0v) is 13.4. The Morgan fingerprint density at radius 3 is 2.71 bits per heavy atom. The van der Waals surface area contributed by atoms with E-state index in [1.54, 1.807) is 13.1 Å². The minimum atomic E-state index is -0.239. The van der Waals surface area contributed by atoms with Gasteiger partial charge in [-0.3, -0.25) is 4.79 Å². The van der Waals surface area contributed by atoms with E-state index in [9.17, 15) is 10.0 Å². The molecule has 5 heteroatoms. The predicted octanol–water partition coefficient (Wildman–Crippen LogP) is 2.45. The molecule has 0 spiro atoms. The topological polar surface area (TPSA) is 78.4 Å². The van der Waals surface area contributed by atoms with E-state index in [4.69, 9.17) is 10.5 Å². The summed E-state index contributed by atoms with van der Waals surface area (Å²) < 4.78 is 5.81. The van der Waals surface area contributed by atoms with E-state index in [-0.39, 0.29) is 24.3 Å². The third-order valence-corrected chi connectivity index (χ3v) is 4.15. The van der Waals surface area contributed by atoms with Crippen LogP contribution in [0.25, 0.3) is 0 Å². The molecule has 1 aliphatic rings. The van der Waals surface area contributed by atoms with Gasteiger partial charge in [0.2, 0.25) is 0 Å². The van der Waals surface area contributed by atoms with Crippen LogP contribution in [-0.4, -0.2) is 36.1 Å². The van der Waals surface area contributed by atoms with Crippen molar-refractivity contribution in [1.29, 1.82) is 0 Å². The van der Waals surface area contributed by atoms with Crippen LogP contribution in [0.4, 0.5) is 0 Å². The molecular formula is C16H30N2O3. The van der Waals surface area contributed by atoms with Gasteiger partial charge in [0.15, 0.2) is 12.8 Å². The van der Waals surface area contributed by atoms with Crippen LogP contribution < -0.4 is 5.73 Å². The summed E-state index contributed by atoms with van der Waals surface area (Å²) in [6.45, 7) is 4.37. The fourth-order valence-electron chi connectivity index (χ4n) is 2.94. The first kappa shape index (κ1) is 18.0. The summed E-state index contributed by atoms with van der Waals surface area (Å²) in [6.07, 6.45) is 8.76. The second-order valence-corrected chi connectivity index (χ2v) is 6.19. The smallest absolute Gasteiger partial charge is 0.306 e. The lowest BCUT2D eigenvalue weighted by atomic mass is 9.83. The Labute approximate surface area is 128 Å². The van der Waals surface area contributed by atoms with Crippen LogP contribution in [0.3, 0.4) is 0 Å². The van der Waals surface area contributed by atoms with Crippen molar-refractivity contribution < 1.29 is 14.3 Å². The summed E-state index contributed by atoms with van der Waals surface area (Å²) in [5.41, 5.74) is 6.18. The Morgan fingerprint density at radius 1 is 1.43 bits per heavy atom. The van der Waals surface area contributed by atoms with Gasteiger partial charge in [0.05, 0.1) is 13.0 Å². The minimum Gasteiger partial charge on any atom is -0.624 e. The monoisotopic (exact) mass is 298 g/mol. The Hall–Kier alpha value is -1.10. The zero-order valence-electron chi connectivity index (χ0n) is 13.4. The second-order valence-electron chi connectivity index (χ2n) is 6.19. The van der Waals surface area contributed by atoms with Gasteiger partial charge >= 0.3 is 5.97 Å². The van der Waals surface area contributed by atoms with Crippen molar-refractivity contribution in [2.24, 2.45) is 17.6 Å². The standard InChI is InChI=1S/C16H30N2O3/c1-3-21-16(19)11-13(2)12-18(20)10-9-15(17)14-7-5-4-6-8-14/h10,13-15H,3-9,11-12,17H2,1-2H3/b18-10-. The Bertz CT molecular complexity index is 338. The zero-order chi connectivity index (χ0) is 15.7. The highest BCUT2D eigenvalue weighted by atomic mass is 16.5. The molecule has 0 aliphatic heterocycles. The van der Waals surface area contributed by atoms with E-state index < -0.39 is 0 Å². The SMILES string of the molecule is CCOC(=O)CC(C)C/[N+]([O-])=C/CC(N)C1CCCCC1. The van der Waals surface area contributed by atoms with E-state index in [2.05, 4.69) is 0 Å². The molecule has 0 heterocycles. The molecule has 0 aromatic carbocycles. The van der Waals surface area contributed by atoms with Gasteiger partial charge in [-0.25, -0.2) is 4.74 Å². The predicted molar refractivity (Wildman–Crippen MR) is 84.1 cm³/mol. The quantitative estimate of drug-likeness (QED) is 0.245. The summed E-state index contributed by atoms with van der Waals surface area (Å²) in [5, 5.41) is 11.8. The lowest BCUT2D eigenvalue weighted by Crippen LogP contribution is -2.33. The highest BCUT2D eigenvalue weighted by Crippen LogP contribution is 2.26. The number of ether oxygens (including phenoxy) is 1. The highest BCUT2D eigenvalue weighted by molar-refractivity contribution is 5.69. The van der Waals surface area contributed by atoms with Crippen molar-refractivity contribution in [1.82, 2.24) is 0 Å². The van der Waals surface area contributed by atoms with Crippen LogP contribution in [0, 0.1) is 17.0 Å². The van der Waals surface area contributed by atoms with Crippen molar-refractivity contribution in [2.75, 3.05) is 13.2 Å². The summed E-state index contributed by atoms with van der Waals surface area (Å²) in [4.78, 5) is 11.3. The molecule has 2 unspecified atom stereocenters. The lowest BCUT2D eigenvalue weighted by molar-refractivity contribution is -0.462. The summed E-state index contributed by atoms with van der Waals surface area (Å²) in [7, 11) is 0. The van der Waals surface area contributed by atoms with Crippen molar-refractivity contribution in [3.8, 4) is 0 Å². The van der Waals surface area contributed by atoms with E-state index in [0.29, 0.717) is 25.5 Å².